The van der Waals surface area contributed by atoms with Crippen LogP contribution in [0.2, 0.25) is 0 Å². The molecule has 0 rings (SSSR count). The smallest absolute Gasteiger partial charge is 0.314 e. The molecule has 0 aromatic carbocycles. The Balaban J connectivity index is 3.65. The molecule has 6 heteroatoms. The van der Waals surface area contributed by atoms with Crippen LogP contribution in [0.25, 0.3) is 0 Å². The molecule has 0 bridgehead atoms. The van der Waals surface area contributed by atoms with Gasteiger partial charge in [-0.1, -0.05) is 0 Å². The van der Waals surface area contributed by atoms with Crippen molar-refractivity contribution in [1.82, 2.24) is 4.90 Å². The molecule has 0 aliphatic carbocycles. The van der Waals surface area contributed by atoms with Gasteiger partial charge in [-0.05, 0) is 39.8 Å². The Morgan fingerprint density at radius 2 is 1.88 bits per heavy atom. The molecule has 1 unspecified atom stereocenters. The lowest BCUT2D eigenvalue weighted by atomic mass is 9.98. The summed E-state index contributed by atoms with van der Waals surface area (Å²) in [5.41, 5.74) is 4.71. The second-order valence-corrected chi connectivity index (χ2v) is 4.34. The minimum Gasteiger partial charge on any atom is -0.314 e. The third-order valence-electron chi connectivity index (χ3n) is 2.19. The van der Waals surface area contributed by atoms with E-state index >= 15 is 0 Å². The molecule has 0 fully saturated rings. The third kappa shape index (κ3) is 8.50. The topological polar surface area (TPSA) is 53.0 Å². The van der Waals surface area contributed by atoms with Crippen molar-refractivity contribution < 1.29 is 13.2 Å². The van der Waals surface area contributed by atoms with Gasteiger partial charge in [0.1, 0.15) is 5.54 Å². The minimum absolute atomic E-state index is 0.362. The Kier molecular flexibility index (Phi) is 5.76. The standard InChI is InChI=1S/C10H18F3N3/c1-9(15,7-14)5-3-4-6-16(2)8-10(11,12)13/h3-6,8,15H2,1-2H3. The summed E-state index contributed by atoms with van der Waals surface area (Å²) in [6.45, 7) is 1.08. The van der Waals surface area contributed by atoms with Gasteiger partial charge in [0.15, 0.2) is 0 Å². The van der Waals surface area contributed by atoms with Crippen LogP contribution in [0.1, 0.15) is 26.2 Å². The first-order valence-electron chi connectivity index (χ1n) is 5.12. The van der Waals surface area contributed by atoms with Crippen LogP contribution in [0.3, 0.4) is 0 Å². The maximum absolute atomic E-state index is 12.0. The number of hydrogen-bond donors (Lipinski definition) is 1. The fourth-order valence-electron chi connectivity index (χ4n) is 1.31. The minimum atomic E-state index is -4.15. The fourth-order valence-corrected chi connectivity index (χ4v) is 1.31. The zero-order chi connectivity index (χ0) is 12.8. The normalized spacial score (nSPS) is 15.9. The van der Waals surface area contributed by atoms with Crippen LogP contribution >= 0.6 is 0 Å². The van der Waals surface area contributed by atoms with Gasteiger partial charge < -0.3 is 5.73 Å². The molecule has 0 aliphatic heterocycles. The van der Waals surface area contributed by atoms with Gasteiger partial charge in [-0.2, -0.15) is 18.4 Å². The van der Waals surface area contributed by atoms with Crippen molar-refractivity contribution in [2.45, 2.75) is 37.9 Å². The van der Waals surface area contributed by atoms with Crippen LogP contribution in [-0.2, 0) is 0 Å². The molecule has 1 atom stereocenters. The van der Waals surface area contributed by atoms with Gasteiger partial charge in [0.25, 0.3) is 0 Å². The summed E-state index contributed by atoms with van der Waals surface area (Å²) in [6, 6.07) is 1.95. The van der Waals surface area contributed by atoms with Crippen LogP contribution in [0.15, 0.2) is 0 Å². The first kappa shape index (κ1) is 15.2. The number of rotatable bonds is 6. The van der Waals surface area contributed by atoms with E-state index in [9.17, 15) is 13.2 Å². The van der Waals surface area contributed by atoms with E-state index < -0.39 is 18.3 Å². The Morgan fingerprint density at radius 3 is 2.31 bits per heavy atom. The van der Waals surface area contributed by atoms with Crippen molar-refractivity contribution in [2.75, 3.05) is 20.1 Å². The van der Waals surface area contributed by atoms with Gasteiger partial charge in [0.2, 0.25) is 0 Å². The van der Waals surface area contributed by atoms with E-state index in [0.717, 1.165) is 0 Å². The Morgan fingerprint density at radius 1 is 1.31 bits per heavy atom. The number of hydrogen-bond acceptors (Lipinski definition) is 3. The highest BCUT2D eigenvalue weighted by Crippen LogP contribution is 2.16. The Bertz CT molecular complexity index is 243. The highest BCUT2D eigenvalue weighted by atomic mass is 19.4. The first-order chi connectivity index (χ1) is 7.16. The highest BCUT2D eigenvalue weighted by molar-refractivity contribution is 5.00. The number of nitrogens with two attached hydrogens (primary N) is 1. The fraction of sp³-hybridized carbons (Fsp3) is 0.900. The van der Waals surface area contributed by atoms with Gasteiger partial charge in [-0.25, -0.2) is 0 Å². The highest BCUT2D eigenvalue weighted by Gasteiger charge is 2.28. The molecule has 0 spiro atoms. The molecule has 16 heavy (non-hydrogen) atoms. The molecule has 0 heterocycles. The van der Waals surface area contributed by atoms with Gasteiger partial charge in [-0.3, -0.25) is 4.90 Å². The summed E-state index contributed by atoms with van der Waals surface area (Å²) in [5, 5.41) is 8.62. The van der Waals surface area contributed by atoms with E-state index in [2.05, 4.69) is 0 Å². The lowest BCUT2D eigenvalue weighted by Gasteiger charge is -2.19. The summed E-state index contributed by atoms with van der Waals surface area (Å²) in [6.07, 6.45) is -2.38. The molecular formula is C10H18F3N3. The zero-order valence-corrected chi connectivity index (χ0v) is 9.64. The number of nitrogens with zero attached hydrogens (tertiary/aromatic N) is 2. The van der Waals surface area contributed by atoms with E-state index in [1.54, 1.807) is 6.92 Å². The van der Waals surface area contributed by atoms with Crippen LogP contribution in [-0.4, -0.2) is 36.8 Å². The molecule has 0 saturated carbocycles. The molecule has 0 aromatic heterocycles. The average molecular weight is 237 g/mol. The first-order valence-corrected chi connectivity index (χ1v) is 5.12. The van der Waals surface area contributed by atoms with Crippen molar-refractivity contribution in [3.8, 4) is 6.07 Å². The maximum Gasteiger partial charge on any atom is 0.401 e. The van der Waals surface area contributed by atoms with E-state index in [4.69, 9.17) is 11.0 Å². The van der Waals surface area contributed by atoms with E-state index in [1.165, 1.54) is 11.9 Å². The van der Waals surface area contributed by atoms with Crippen molar-refractivity contribution in [2.24, 2.45) is 5.73 Å². The monoisotopic (exact) mass is 237 g/mol. The summed E-state index contributed by atoms with van der Waals surface area (Å²) in [4.78, 5) is 1.22. The SMILES string of the molecule is CN(CCCCC(C)(N)C#N)CC(F)(F)F. The molecular weight excluding hydrogens is 219 g/mol. The van der Waals surface area contributed by atoms with Gasteiger partial charge >= 0.3 is 6.18 Å². The third-order valence-corrected chi connectivity index (χ3v) is 2.19. The summed E-state index contributed by atoms with van der Waals surface area (Å²) in [7, 11) is 1.43. The maximum atomic E-state index is 12.0. The van der Waals surface area contributed by atoms with Gasteiger partial charge in [0, 0.05) is 0 Å². The number of unbranched alkanes of at least 4 members (excludes halogenated alkanes) is 1. The Hall–Kier alpha value is -0.800. The molecule has 0 aromatic rings. The molecule has 3 nitrogen and oxygen atoms in total. The molecule has 0 amide bonds. The predicted octanol–water partition coefficient (Wildman–Crippen LogP) is 1.89. The largest absolute Gasteiger partial charge is 0.401 e. The van der Waals surface area contributed by atoms with Crippen molar-refractivity contribution >= 4 is 0 Å². The molecule has 2 N–H and O–H groups in total. The number of nitriles is 1. The zero-order valence-electron chi connectivity index (χ0n) is 9.64. The summed E-state index contributed by atoms with van der Waals surface area (Å²) in [5.74, 6) is 0. The van der Waals surface area contributed by atoms with Gasteiger partial charge in [-0.15, -0.1) is 0 Å². The summed E-state index contributed by atoms with van der Waals surface area (Å²) < 4.78 is 35.9. The predicted molar refractivity (Wildman–Crippen MR) is 55.6 cm³/mol. The van der Waals surface area contributed by atoms with Gasteiger partial charge in [0.05, 0.1) is 12.6 Å². The number of alkyl halides is 3. The molecule has 0 radical (unpaired) electrons. The molecule has 94 valence electrons. The Labute approximate surface area is 94.0 Å². The second kappa shape index (κ2) is 6.06. The van der Waals surface area contributed by atoms with E-state index in [-0.39, 0.29) is 0 Å². The van der Waals surface area contributed by atoms with Crippen LogP contribution in [0.4, 0.5) is 13.2 Å². The molecule has 0 saturated heterocycles. The quantitative estimate of drug-likeness (QED) is 0.718. The lowest BCUT2D eigenvalue weighted by Crippen LogP contribution is -2.34. The second-order valence-electron chi connectivity index (χ2n) is 4.34. The van der Waals surface area contributed by atoms with E-state index in [1.807, 2.05) is 6.07 Å². The van der Waals surface area contributed by atoms with Crippen molar-refractivity contribution in [1.29, 1.82) is 5.26 Å². The summed E-state index contributed by atoms with van der Waals surface area (Å²) >= 11 is 0. The number of halogens is 3. The van der Waals surface area contributed by atoms with Crippen LogP contribution in [0.5, 0.6) is 0 Å². The van der Waals surface area contributed by atoms with Crippen molar-refractivity contribution in [3.63, 3.8) is 0 Å². The average Bonchev–Trinajstić information content (AvgIpc) is 2.10. The van der Waals surface area contributed by atoms with Crippen molar-refractivity contribution in [3.05, 3.63) is 0 Å². The molecule has 0 aliphatic rings. The van der Waals surface area contributed by atoms with Crippen LogP contribution in [0, 0.1) is 11.3 Å². The van der Waals surface area contributed by atoms with Crippen LogP contribution < -0.4 is 5.73 Å². The van der Waals surface area contributed by atoms with E-state index in [0.29, 0.717) is 25.8 Å². The lowest BCUT2D eigenvalue weighted by molar-refractivity contribution is -0.143.